The number of aromatic amines is 1. The number of benzene rings is 3. The third-order valence-corrected chi connectivity index (χ3v) is 8.42. The van der Waals surface area contributed by atoms with Gasteiger partial charge in [-0.25, -0.2) is 8.78 Å². The van der Waals surface area contributed by atoms with Crippen LogP contribution in [0.3, 0.4) is 0 Å². The van der Waals surface area contributed by atoms with Crippen molar-refractivity contribution in [3.8, 4) is 11.1 Å². The first-order valence-corrected chi connectivity index (χ1v) is 13.3. The van der Waals surface area contributed by atoms with Gasteiger partial charge >= 0.3 is 0 Å². The number of ketones is 1. The van der Waals surface area contributed by atoms with Gasteiger partial charge in [0, 0.05) is 29.1 Å². The van der Waals surface area contributed by atoms with E-state index in [1.807, 2.05) is 24.3 Å². The van der Waals surface area contributed by atoms with Crippen LogP contribution >= 0.6 is 11.3 Å². The van der Waals surface area contributed by atoms with E-state index in [0.29, 0.717) is 22.4 Å². The van der Waals surface area contributed by atoms with Crippen LogP contribution in [0.5, 0.6) is 0 Å². The van der Waals surface area contributed by atoms with Crippen molar-refractivity contribution in [2.24, 2.45) is 0 Å². The van der Waals surface area contributed by atoms with E-state index in [2.05, 4.69) is 4.98 Å². The fraction of sp³-hybridized carbons (Fsp3) is 0.0968. The number of nitrogens with one attached hydrogen (secondary N) is 1. The predicted molar refractivity (Wildman–Crippen MR) is 145 cm³/mol. The number of aliphatic hydroxyl groups is 1. The van der Waals surface area contributed by atoms with Crippen molar-refractivity contribution in [1.29, 1.82) is 0 Å². The standard InChI is InChI=1S/C31H20F2N2O3S/c32-19-12-18(13-20(33)14-19)16-7-9-17(10-8-16)28-27-22(21-4-1-2-5-23(21)34-27)15-24-29(36)26(31(38)35(24)28)30(37)25-6-3-11-39-25/h1-14,24,28,34,37H,15H2/b30-26-/t24-,28+/m0/s1. The first kappa shape index (κ1) is 23.5. The van der Waals surface area contributed by atoms with Crippen molar-refractivity contribution in [3.05, 3.63) is 123 Å². The van der Waals surface area contributed by atoms with Crippen molar-refractivity contribution in [1.82, 2.24) is 9.88 Å². The summed E-state index contributed by atoms with van der Waals surface area (Å²) in [4.78, 5) is 33.0. The maximum atomic E-state index is 13.9. The summed E-state index contributed by atoms with van der Waals surface area (Å²) in [7, 11) is 0. The Labute approximate surface area is 225 Å². The van der Waals surface area contributed by atoms with E-state index in [9.17, 15) is 23.5 Å². The summed E-state index contributed by atoms with van der Waals surface area (Å²) in [5.74, 6) is -2.57. The van der Waals surface area contributed by atoms with E-state index in [0.717, 1.165) is 33.8 Å². The molecule has 1 saturated heterocycles. The fourth-order valence-electron chi connectivity index (χ4n) is 5.82. The number of thiophene rings is 1. The largest absolute Gasteiger partial charge is 0.505 e. The van der Waals surface area contributed by atoms with Gasteiger partial charge in [0.1, 0.15) is 29.0 Å². The number of Topliss-reactive ketones (excluding diaryl/α,β-unsaturated/α-hetero) is 1. The van der Waals surface area contributed by atoms with Gasteiger partial charge in [0.2, 0.25) is 0 Å². The summed E-state index contributed by atoms with van der Waals surface area (Å²) >= 11 is 1.25. The lowest BCUT2D eigenvalue weighted by atomic mass is 9.88. The molecule has 2 aliphatic rings. The normalized spacial score (nSPS) is 19.9. The topological polar surface area (TPSA) is 73.4 Å². The van der Waals surface area contributed by atoms with Gasteiger partial charge in [-0.15, -0.1) is 11.3 Å². The predicted octanol–water partition coefficient (Wildman–Crippen LogP) is 6.57. The molecule has 2 aromatic heterocycles. The highest BCUT2D eigenvalue weighted by Crippen LogP contribution is 2.46. The zero-order valence-electron chi connectivity index (χ0n) is 20.3. The minimum Gasteiger partial charge on any atom is -0.505 e. The van der Waals surface area contributed by atoms with Gasteiger partial charge in [0.25, 0.3) is 5.91 Å². The molecule has 2 N–H and O–H groups in total. The van der Waals surface area contributed by atoms with Crippen molar-refractivity contribution < 1.29 is 23.5 Å². The van der Waals surface area contributed by atoms with Gasteiger partial charge < -0.3 is 15.0 Å². The molecule has 0 spiro atoms. The van der Waals surface area contributed by atoms with Crippen molar-refractivity contribution in [2.75, 3.05) is 0 Å². The summed E-state index contributed by atoms with van der Waals surface area (Å²) in [6.07, 6.45) is 0.322. The first-order chi connectivity index (χ1) is 18.9. The zero-order chi connectivity index (χ0) is 26.8. The number of rotatable bonds is 3. The zero-order valence-corrected chi connectivity index (χ0v) is 21.1. The lowest BCUT2D eigenvalue weighted by Gasteiger charge is -2.37. The molecule has 3 aromatic carbocycles. The number of aromatic nitrogens is 1. The van der Waals surface area contributed by atoms with Crippen LogP contribution in [-0.4, -0.2) is 32.7 Å². The van der Waals surface area contributed by atoms with E-state index in [4.69, 9.17) is 0 Å². The van der Waals surface area contributed by atoms with E-state index in [-0.39, 0.29) is 11.3 Å². The van der Waals surface area contributed by atoms with Crippen molar-refractivity contribution >= 4 is 39.7 Å². The molecular formula is C31H20F2N2O3S. The number of carbonyl (C=O) groups excluding carboxylic acids is 2. The third kappa shape index (κ3) is 3.63. The maximum absolute atomic E-state index is 13.9. The fourth-order valence-corrected chi connectivity index (χ4v) is 6.50. The quantitative estimate of drug-likeness (QED) is 0.155. The molecule has 0 unspecified atom stereocenters. The van der Waals surface area contributed by atoms with Crippen LogP contribution in [0.1, 0.15) is 27.7 Å². The van der Waals surface area contributed by atoms with Gasteiger partial charge in [-0.2, -0.15) is 0 Å². The molecule has 0 saturated carbocycles. The van der Waals surface area contributed by atoms with Gasteiger partial charge in [0.05, 0.1) is 10.9 Å². The van der Waals surface area contributed by atoms with E-state index < -0.39 is 35.4 Å². The molecule has 2 aliphatic heterocycles. The van der Waals surface area contributed by atoms with Crippen LogP contribution in [-0.2, 0) is 16.0 Å². The molecule has 7 rings (SSSR count). The second-order valence-corrected chi connectivity index (χ2v) is 10.7. The maximum Gasteiger partial charge on any atom is 0.262 e. The Balaban J connectivity index is 1.38. The second-order valence-electron chi connectivity index (χ2n) is 9.74. The van der Waals surface area contributed by atoms with Gasteiger partial charge in [-0.3, -0.25) is 9.59 Å². The highest BCUT2D eigenvalue weighted by Gasteiger charge is 2.52. The lowest BCUT2D eigenvalue weighted by molar-refractivity contribution is -0.129. The summed E-state index contributed by atoms with van der Waals surface area (Å²) in [5, 5.41) is 13.7. The molecule has 1 fully saturated rings. The van der Waals surface area contributed by atoms with Crippen LogP contribution in [0, 0.1) is 11.6 Å². The number of carbonyl (C=O) groups is 2. The number of fused-ring (bicyclic) bond motifs is 4. The van der Waals surface area contributed by atoms with Gasteiger partial charge in [-0.1, -0.05) is 48.5 Å². The number of nitrogens with zero attached hydrogens (tertiary/aromatic N) is 1. The van der Waals surface area contributed by atoms with Crippen molar-refractivity contribution in [2.45, 2.75) is 18.5 Å². The second kappa shape index (κ2) is 8.74. The molecule has 192 valence electrons. The number of aliphatic hydroxyl groups excluding tert-OH is 1. The Morgan fingerprint density at radius 3 is 2.38 bits per heavy atom. The molecule has 1 amide bonds. The summed E-state index contributed by atoms with van der Waals surface area (Å²) in [6.45, 7) is 0. The number of amides is 1. The molecule has 0 aliphatic carbocycles. The Morgan fingerprint density at radius 1 is 0.923 bits per heavy atom. The average Bonchev–Trinajstić information content (AvgIpc) is 3.65. The lowest BCUT2D eigenvalue weighted by Crippen LogP contribution is -2.44. The van der Waals surface area contributed by atoms with E-state index >= 15 is 0 Å². The summed E-state index contributed by atoms with van der Waals surface area (Å²) < 4.78 is 27.7. The van der Waals surface area contributed by atoms with Crippen molar-refractivity contribution in [3.63, 3.8) is 0 Å². The van der Waals surface area contributed by atoms with E-state index in [1.54, 1.807) is 46.7 Å². The third-order valence-electron chi connectivity index (χ3n) is 7.54. The number of hydrogen-bond donors (Lipinski definition) is 2. The smallest absolute Gasteiger partial charge is 0.262 e. The highest BCUT2D eigenvalue weighted by atomic mass is 32.1. The van der Waals surface area contributed by atoms with Crippen LogP contribution in [0.4, 0.5) is 8.78 Å². The summed E-state index contributed by atoms with van der Waals surface area (Å²) in [6, 6.07) is 20.3. The average molecular weight is 539 g/mol. The highest BCUT2D eigenvalue weighted by molar-refractivity contribution is 7.11. The Morgan fingerprint density at radius 2 is 1.67 bits per heavy atom. The number of halogens is 2. The molecule has 2 atom stereocenters. The minimum atomic E-state index is -0.775. The minimum absolute atomic E-state index is 0.200. The van der Waals surface area contributed by atoms with Gasteiger partial charge in [0.15, 0.2) is 5.78 Å². The molecule has 0 radical (unpaired) electrons. The SMILES string of the molecule is O=C1/C(=C(/O)c2cccs2)C(=O)N2[C@H](c3ccc(-c4cc(F)cc(F)c4)cc3)c3[nH]c4ccccc4c3C[C@@H]12. The Hall–Kier alpha value is -4.56. The molecule has 4 heterocycles. The summed E-state index contributed by atoms with van der Waals surface area (Å²) in [5.41, 5.74) is 4.19. The van der Waals surface area contributed by atoms with Crippen LogP contribution < -0.4 is 0 Å². The number of H-pyrrole nitrogens is 1. The van der Waals surface area contributed by atoms with Crippen LogP contribution in [0.2, 0.25) is 0 Å². The molecule has 5 aromatic rings. The first-order valence-electron chi connectivity index (χ1n) is 12.4. The monoisotopic (exact) mass is 538 g/mol. The Kier molecular flexibility index (Phi) is 5.28. The van der Waals surface area contributed by atoms with Crippen LogP contribution in [0.25, 0.3) is 27.8 Å². The molecule has 0 bridgehead atoms. The Bertz CT molecular complexity index is 1800. The number of hydrogen-bond acceptors (Lipinski definition) is 4. The molecule has 8 heteroatoms. The van der Waals surface area contributed by atoms with Crippen LogP contribution in [0.15, 0.2) is 89.8 Å². The van der Waals surface area contributed by atoms with Gasteiger partial charge in [-0.05, 0) is 51.9 Å². The molecular weight excluding hydrogens is 518 g/mol. The molecule has 5 nitrogen and oxygen atoms in total. The number of para-hydroxylation sites is 1. The van der Waals surface area contributed by atoms with E-state index in [1.165, 1.54) is 23.5 Å². The molecule has 39 heavy (non-hydrogen) atoms.